The highest BCUT2D eigenvalue weighted by molar-refractivity contribution is 6.33. The van der Waals surface area contributed by atoms with Crippen LogP contribution in [0.25, 0.3) is 10.9 Å². The Labute approximate surface area is 187 Å². The fourth-order valence-electron chi connectivity index (χ4n) is 3.26. The van der Waals surface area contributed by atoms with Crippen molar-refractivity contribution in [3.8, 4) is 0 Å². The Balaban J connectivity index is 2.02. The molecule has 0 bridgehead atoms. The van der Waals surface area contributed by atoms with Crippen LogP contribution >= 0.6 is 11.6 Å². The van der Waals surface area contributed by atoms with Gasteiger partial charge in [0.15, 0.2) is 0 Å². The van der Waals surface area contributed by atoms with E-state index in [1.165, 1.54) is 0 Å². The number of nitrogens with zero attached hydrogens (tertiary/aromatic N) is 4. The van der Waals surface area contributed by atoms with E-state index < -0.39 is 35.3 Å². The molecule has 0 fully saturated rings. The minimum Gasteiger partial charge on any atom is -0.323 e. The van der Waals surface area contributed by atoms with Crippen LogP contribution < -0.4 is 10.9 Å². The molecule has 3 aromatic rings. The lowest BCUT2D eigenvalue weighted by Gasteiger charge is -2.21. The molecule has 172 valence electrons. The fraction of sp³-hybridized carbons (Fsp3) is 0.429. The van der Waals surface area contributed by atoms with Crippen LogP contribution in [0.15, 0.2) is 29.2 Å². The highest BCUT2D eigenvalue weighted by Crippen LogP contribution is 2.34. The summed E-state index contributed by atoms with van der Waals surface area (Å²) in [5.74, 6) is -0.806. The highest BCUT2D eigenvalue weighted by Gasteiger charge is 2.31. The second kappa shape index (κ2) is 8.23. The van der Waals surface area contributed by atoms with Gasteiger partial charge in [0.25, 0.3) is 5.56 Å². The number of alkyl halides is 3. The molecule has 3 rings (SSSR count). The Morgan fingerprint density at radius 2 is 1.88 bits per heavy atom. The third-order valence-electron chi connectivity index (χ3n) is 4.75. The van der Waals surface area contributed by atoms with Crippen LogP contribution in [-0.4, -0.2) is 25.5 Å². The van der Waals surface area contributed by atoms with E-state index in [-0.39, 0.29) is 16.6 Å². The number of rotatable bonds is 4. The molecule has 0 saturated heterocycles. The first-order valence-corrected chi connectivity index (χ1v) is 10.2. The number of nitrogens with one attached hydrogen (secondary N) is 1. The van der Waals surface area contributed by atoms with Crippen LogP contribution in [-0.2, 0) is 23.1 Å². The molecule has 0 atom stereocenters. The van der Waals surface area contributed by atoms with E-state index >= 15 is 0 Å². The van der Waals surface area contributed by atoms with Gasteiger partial charge in [-0.2, -0.15) is 23.4 Å². The van der Waals surface area contributed by atoms with Crippen molar-refractivity contribution in [1.82, 2.24) is 19.6 Å². The average Bonchev–Trinajstić information content (AvgIpc) is 3.10. The summed E-state index contributed by atoms with van der Waals surface area (Å²) in [6.07, 6.45) is -3.01. The Kier molecular flexibility index (Phi) is 6.12. The lowest BCUT2D eigenvalue weighted by molar-refractivity contribution is -0.137. The maximum absolute atomic E-state index is 13.2. The van der Waals surface area contributed by atoms with Crippen molar-refractivity contribution in [2.45, 2.75) is 58.8 Å². The molecule has 0 radical (unpaired) electrons. The van der Waals surface area contributed by atoms with Crippen LogP contribution in [0.3, 0.4) is 0 Å². The summed E-state index contributed by atoms with van der Waals surface area (Å²) in [6.45, 7) is 8.96. The van der Waals surface area contributed by atoms with Gasteiger partial charge in [-0.15, -0.1) is 0 Å². The second-order valence-electron chi connectivity index (χ2n) is 8.73. The van der Waals surface area contributed by atoms with E-state index in [2.05, 4.69) is 15.5 Å². The molecule has 11 heteroatoms. The zero-order valence-electron chi connectivity index (χ0n) is 18.2. The van der Waals surface area contributed by atoms with Gasteiger partial charge in [-0.05, 0) is 44.9 Å². The van der Waals surface area contributed by atoms with Crippen molar-refractivity contribution in [3.05, 3.63) is 51.0 Å². The van der Waals surface area contributed by atoms with E-state index in [1.807, 2.05) is 34.6 Å². The fourth-order valence-corrected chi connectivity index (χ4v) is 3.42. The summed E-state index contributed by atoms with van der Waals surface area (Å²) in [5.41, 5.74) is -1.29. The van der Waals surface area contributed by atoms with Crippen molar-refractivity contribution in [3.63, 3.8) is 0 Å². The summed E-state index contributed by atoms with van der Waals surface area (Å²) in [4.78, 5) is 25.8. The number of benzene rings is 1. The Morgan fingerprint density at radius 1 is 1.22 bits per heavy atom. The number of amides is 1. The normalized spacial score (nSPS) is 12.6. The maximum atomic E-state index is 13.2. The number of halogens is 4. The number of carbonyl (C=O) groups excluding carboxylic acids is 1. The molecule has 7 nitrogen and oxygen atoms in total. The number of carbonyl (C=O) groups is 1. The van der Waals surface area contributed by atoms with Crippen molar-refractivity contribution >= 4 is 34.1 Å². The minimum absolute atomic E-state index is 0.0595. The summed E-state index contributed by atoms with van der Waals surface area (Å²) >= 11 is 5.95. The lowest BCUT2D eigenvalue weighted by atomic mass is 10.1. The molecule has 2 aromatic heterocycles. The molecule has 2 heterocycles. The van der Waals surface area contributed by atoms with Gasteiger partial charge in [0, 0.05) is 5.39 Å². The Bertz CT molecular complexity index is 1240. The first kappa shape index (κ1) is 23.8. The van der Waals surface area contributed by atoms with Crippen molar-refractivity contribution < 1.29 is 18.0 Å². The van der Waals surface area contributed by atoms with Gasteiger partial charge in [-0.3, -0.25) is 14.3 Å². The molecule has 32 heavy (non-hydrogen) atoms. The Hall–Kier alpha value is -2.88. The minimum atomic E-state index is -4.59. The summed E-state index contributed by atoms with van der Waals surface area (Å²) in [5, 5.41) is 11.6. The van der Waals surface area contributed by atoms with E-state index in [9.17, 15) is 22.8 Å². The molecular formula is C21H23ClF3N5O2. The summed E-state index contributed by atoms with van der Waals surface area (Å²) in [7, 11) is 0. The van der Waals surface area contributed by atoms with Crippen molar-refractivity contribution in [2.24, 2.45) is 0 Å². The van der Waals surface area contributed by atoms with Crippen LogP contribution in [0, 0.1) is 0 Å². The second-order valence-corrected chi connectivity index (χ2v) is 9.14. The molecule has 0 saturated carbocycles. The van der Waals surface area contributed by atoms with E-state index in [0.717, 1.165) is 22.9 Å². The van der Waals surface area contributed by atoms with Crippen molar-refractivity contribution in [2.75, 3.05) is 5.32 Å². The number of hydrogen-bond donors (Lipinski definition) is 1. The number of fused-ring (bicyclic) bond motifs is 1. The van der Waals surface area contributed by atoms with E-state index in [1.54, 1.807) is 10.9 Å². The monoisotopic (exact) mass is 469 g/mol. The quantitative estimate of drug-likeness (QED) is 0.596. The molecule has 0 spiro atoms. The molecule has 0 aliphatic heterocycles. The van der Waals surface area contributed by atoms with Crippen molar-refractivity contribution in [1.29, 1.82) is 0 Å². The summed E-state index contributed by atoms with van der Waals surface area (Å²) in [6, 6.07) is 2.61. The molecule has 1 amide bonds. The predicted molar refractivity (Wildman–Crippen MR) is 116 cm³/mol. The average molecular weight is 470 g/mol. The Morgan fingerprint density at radius 3 is 2.44 bits per heavy atom. The standard InChI is InChI=1S/C21H23ClF3N5O2/c1-11(2)17-13-9-26-30(20(3,4)5)18(13)19(32)29(28-17)10-16(31)27-15-8-12(21(23,24)25)6-7-14(15)22/h6-9,11H,10H2,1-5H3,(H,27,31). The van der Waals surface area contributed by atoms with Crippen LogP contribution in [0.4, 0.5) is 18.9 Å². The van der Waals surface area contributed by atoms with Crippen LogP contribution in [0.1, 0.15) is 51.8 Å². The third-order valence-corrected chi connectivity index (χ3v) is 5.08. The van der Waals surface area contributed by atoms with Gasteiger partial charge in [-0.25, -0.2) is 4.68 Å². The van der Waals surface area contributed by atoms with Gasteiger partial charge in [-0.1, -0.05) is 25.4 Å². The van der Waals surface area contributed by atoms with Gasteiger partial charge in [0.2, 0.25) is 5.91 Å². The SMILES string of the molecule is CC(C)c1nn(CC(=O)Nc2cc(C(F)(F)F)ccc2Cl)c(=O)c2c1cnn2C(C)(C)C. The van der Waals surface area contributed by atoms with Gasteiger partial charge in [0.05, 0.1) is 33.7 Å². The van der Waals surface area contributed by atoms with Crippen LogP contribution in [0.2, 0.25) is 5.02 Å². The molecule has 0 aliphatic rings. The van der Waals surface area contributed by atoms with Gasteiger partial charge >= 0.3 is 6.18 Å². The molecule has 0 unspecified atom stereocenters. The molecular weight excluding hydrogens is 447 g/mol. The first-order chi connectivity index (χ1) is 14.7. The molecule has 0 aliphatic carbocycles. The highest BCUT2D eigenvalue weighted by atomic mass is 35.5. The van der Waals surface area contributed by atoms with E-state index in [0.29, 0.717) is 16.6 Å². The van der Waals surface area contributed by atoms with E-state index in [4.69, 9.17) is 11.6 Å². The van der Waals surface area contributed by atoms with Gasteiger partial charge < -0.3 is 5.32 Å². The number of aromatic nitrogens is 4. The first-order valence-electron chi connectivity index (χ1n) is 9.86. The molecule has 1 N–H and O–H groups in total. The third kappa shape index (κ3) is 4.64. The molecule has 1 aromatic carbocycles. The predicted octanol–water partition coefficient (Wildman–Crippen LogP) is 4.78. The smallest absolute Gasteiger partial charge is 0.323 e. The topological polar surface area (TPSA) is 81.8 Å². The largest absolute Gasteiger partial charge is 0.416 e. The number of anilines is 1. The summed E-state index contributed by atoms with van der Waals surface area (Å²) < 4.78 is 41.5. The van der Waals surface area contributed by atoms with Crippen LogP contribution in [0.5, 0.6) is 0 Å². The zero-order chi connectivity index (χ0) is 24.0. The zero-order valence-corrected chi connectivity index (χ0v) is 19.0. The maximum Gasteiger partial charge on any atom is 0.416 e. The van der Waals surface area contributed by atoms with Gasteiger partial charge in [0.1, 0.15) is 12.1 Å². The number of hydrogen-bond acceptors (Lipinski definition) is 4. The lowest BCUT2D eigenvalue weighted by Crippen LogP contribution is -2.34.